The molecular formula is C11H18F3NO4. The first-order chi connectivity index (χ1) is 8.73. The van der Waals surface area contributed by atoms with Gasteiger partial charge in [-0.1, -0.05) is 0 Å². The minimum Gasteiger partial charge on any atom is -0.385 e. The molecule has 5 nitrogen and oxygen atoms in total. The summed E-state index contributed by atoms with van der Waals surface area (Å²) in [4.78, 5) is 11.3. The van der Waals surface area contributed by atoms with E-state index >= 15 is 0 Å². The van der Waals surface area contributed by atoms with Gasteiger partial charge in [0, 0.05) is 26.0 Å². The number of alkyl halides is 3. The number of amides is 1. The van der Waals surface area contributed by atoms with E-state index in [9.17, 15) is 23.1 Å². The van der Waals surface area contributed by atoms with Gasteiger partial charge in [-0.25, -0.2) is 0 Å². The van der Waals surface area contributed by atoms with Crippen molar-refractivity contribution in [1.29, 1.82) is 0 Å². The molecule has 1 rings (SSSR count). The summed E-state index contributed by atoms with van der Waals surface area (Å²) >= 11 is 0. The Morgan fingerprint density at radius 3 is 2.79 bits per heavy atom. The van der Waals surface area contributed by atoms with Crippen LogP contribution in [-0.4, -0.2) is 55.3 Å². The van der Waals surface area contributed by atoms with Crippen LogP contribution in [0.4, 0.5) is 13.2 Å². The lowest BCUT2D eigenvalue weighted by molar-refractivity contribution is -0.174. The minimum absolute atomic E-state index is 0.0201. The number of nitrogens with one attached hydrogen (secondary N) is 1. The Bertz CT molecular complexity index is 311. The first kappa shape index (κ1) is 16.2. The highest BCUT2D eigenvalue weighted by molar-refractivity contribution is 5.76. The Labute approximate surface area is 109 Å². The lowest BCUT2D eigenvalue weighted by Crippen LogP contribution is -2.47. The third-order valence-corrected chi connectivity index (χ3v) is 2.99. The number of aliphatic hydroxyl groups is 1. The Hall–Kier alpha value is -0.860. The van der Waals surface area contributed by atoms with Gasteiger partial charge in [0.2, 0.25) is 5.91 Å². The van der Waals surface area contributed by atoms with E-state index in [-0.39, 0.29) is 25.7 Å². The summed E-state index contributed by atoms with van der Waals surface area (Å²) in [6, 6.07) is 0. The van der Waals surface area contributed by atoms with Gasteiger partial charge in [0.15, 0.2) is 0 Å². The Kier molecular flexibility index (Phi) is 5.57. The predicted molar refractivity (Wildman–Crippen MR) is 59.5 cm³/mol. The van der Waals surface area contributed by atoms with Crippen LogP contribution in [0, 0.1) is 0 Å². The second kappa shape index (κ2) is 6.53. The number of halogens is 3. The topological polar surface area (TPSA) is 67.8 Å². The van der Waals surface area contributed by atoms with Crippen LogP contribution >= 0.6 is 0 Å². The lowest BCUT2D eigenvalue weighted by atomic mass is 9.97. The quantitative estimate of drug-likeness (QED) is 0.702. The highest BCUT2D eigenvalue weighted by Gasteiger charge is 2.39. The summed E-state index contributed by atoms with van der Waals surface area (Å²) in [6.45, 7) is 0.463. The molecule has 8 heteroatoms. The molecule has 2 unspecified atom stereocenters. The number of carbonyl (C=O) groups is 1. The molecule has 0 spiro atoms. The van der Waals surface area contributed by atoms with Crippen molar-refractivity contribution in [3.63, 3.8) is 0 Å². The van der Waals surface area contributed by atoms with Gasteiger partial charge in [-0.3, -0.25) is 4.79 Å². The zero-order valence-corrected chi connectivity index (χ0v) is 10.6. The third kappa shape index (κ3) is 5.75. The maximum atomic E-state index is 11.8. The zero-order valence-electron chi connectivity index (χ0n) is 10.6. The number of carbonyl (C=O) groups excluding carboxylic acids is 1. The van der Waals surface area contributed by atoms with Crippen molar-refractivity contribution >= 4 is 5.91 Å². The Morgan fingerprint density at radius 1 is 1.58 bits per heavy atom. The molecule has 1 saturated heterocycles. The van der Waals surface area contributed by atoms with E-state index in [0.717, 1.165) is 0 Å². The van der Waals surface area contributed by atoms with Crippen molar-refractivity contribution in [1.82, 2.24) is 5.32 Å². The minimum atomic E-state index is -4.39. The van der Waals surface area contributed by atoms with E-state index in [1.54, 1.807) is 6.92 Å². The fourth-order valence-corrected chi connectivity index (χ4v) is 1.70. The molecule has 1 heterocycles. The highest BCUT2D eigenvalue weighted by Crippen LogP contribution is 2.24. The molecule has 112 valence electrons. The van der Waals surface area contributed by atoms with Crippen molar-refractivity contribution in [3.05, 3.63) is 0 Å². The van der Waals surface area contributed by atoms with Gasteiger partial charge < -0.3 is 19.9 Å². The van der Waals surface area contributed by atoms with Crippen LogP contribution in [0.15, 0.2) is 0 Å². The standard InChI is InChI=1S/C11H18F3NO4/c1-8-10(17,3-5-19-8)6-15-9(16)2-4-18-7-11(12,13)14/h8,17H,2-7H2,1H3,(H,15,16). The van der Waals surface area contributed by atoms with E-state index < -0.39 is 24.3 Å². The summed E-state index contributed by atoms with van der Waals surface area (Å²) in [7, 11) is 0. The number of hydrogen-bond acceptors (Lipinski definition) is 4. The van der Waals surface area contributed by atoms with E-state index in [1.807, 2.05) is 0 Å². The highest BCUT2D eigenvalue weighted by atomic mass is 19.4. The van der Waals surface area contributed by atoms with Gasteiger partial charge in [-0.2, -0.15) is 13.2 Å². The predicted octanol–water partition coefficient (Wildman–Crippen LogP) is 0.611. The maximum absolute atomic E-state index is 11.8. The van der Waals surface area contributed by atoms with E-state index in [4.69, 9.17) is 4.74 Å². The Balaban J connectivity index is 2.15. The first-order valence-corrected chi connectivity index (χ1v) is 5.98. The smallest absolute Gasteiger partial charge is 0.385 e. The molecule has 2 atom stereocenters. The van der Waals surface area contributed by atoms with Crippen LogP contribution in [0.5, 0.6) is 0 Å². The van der Waals surface area contributed by atoms with Crippen LogP contribution in [0.3, 0.4) is 0 Å². The molecule has 0 saturated carbocycles. The second-order valence-corrected chi connectivity index (χ2v) is 4.56. The molecule has 0 bridgehead atoms. The van der Waals surface area contributed by atoms with E-state index in [2.05, 4.69) is 10.1 Å². The number of rotatable bonds is 6. The largest absolute Gasteiger partial charge is 0.411 e. The van der Waals surface area contributed by atoms with Crippen LogP contribution < -0.4 is 5.32 Å². The molecule has 2 N–H and O–H groups in total. The number of hydrogen-bond donors (Lipinski definition) is 2. The van der Waals surface area contributed by atoms with Crippen molar-refractivity contribution in [2.75, 3.05) is 26.4 Å². The monoisotopic (exact) mass is 285 g/mol. The van der Waals surface area contributed by atoms with Gasteiger partial charge in [0.1, 0.15) is 12.2 Å². The van der Waals surface area contributed by atoms with Crippen LogP contribution in [0.1, 0.15) is 19.8 Å². The van der Waals surface area contributed by atoms with Gasteiger partial charge >= 0.3 is 6.18 Å². The Morgan fingerprint density at radius 2 is 2.26 bits per heavy atom. The molecule has 0 aromatic rings. The van der Waals surface area contributed by atoms with Crippen LogP contribution in [-0.2, 0) is 14.3 Å². The van der Waals surface area contributed by atoms with Gasteiger partial charge in [-0.15, -0.1) is 0 Å². The van der Waals surface area contributed by atoms with Gasteiger partial charge in [0.05, 0.1) is 12.7 Å². The molecular weight excluding hydrogens is 267 g/mol. The summed E-state index contributed by atoms with van der Waals surface area (Å²) in [5.74, 6) is -0.463. The summed E-state index contributed by atoms with van der Waals surface area (Å²) in [5, 5.41) is 12.5. The number of ether oxygens (including phenoxy) is 2. The fourth-order valence-electron chi connectivity index (χ4n) is 1.70. The SMILES string of the molecule is CC1OCCC1(O)CNC(=O)CCOCC(F)(F)F. The average Bonchev–Trinajstić information content (AvgIpc) is 2.62. The zero-order chi connectivity index (χ0) is 14.5. The van der Waals surface area contributed by atoms with Crippen molar-refractivity contribution in [2.24, 2.45) is 0 Å². The molecule has 1 aliphatic heterocycles. The van der Waals surface area contributed by atoms with Gasteiger partial charge in [0.25, 0.3) is 0 Å². The van der Waals surface area contributed by atoms with Crippen molar-refractivity contribution < 1.29 is 32.5 Å². The van der Waals surface area contributed by atoms with Crippen LogP contribution in [0.2, 0.25) is 0 Å². The van der Waals surface area contributed by atoms with Crippen molar-refractivity contribution in [3.8, 4) is 0 Å². The van der Waals surface area contributed by atoms with Crippen molar-refractivity contribution in [2.45, 2.75) is 37.6 Å². The van der Waals surface area contributed by atoms with Crippen LogP contribution in [0.25, 0.3) is 0 Å². The second-order valence-electron chi connectivity index (χ2n) is 4.56. The summed E-state index contributed by atoms with van der Waals surface area (Å²) in [6.07, 6.45) is -4.53. The first-order valence-electron chi connectivity index (χ1n) is 5.98. The molecule has 0 aromatic heterocycles. The third-order valence-electron chi connectivity index (χ3n) is 2.99. The maximum Gasteiger partial charge on any atom is 0.411 e. The molecule has 19 heavy (non-hydrogen) atoms. The molecule has 0 radical (unpaired) electrons. The molecule has 0 aliphatic carbocycles. The summed E-state index contributed by atoms with van der Waals surface area (Å²) in [5.41, 5.74) is -1.11. The van der Waals surface area contributed by atoms with E-state index in [0.29, 0.717) is 13.0 Å². The normalized spacial score (nSPS) is 27.5. The fraction of sp³-hybridized carbons (Fsp3) is 0.909. The average molecular weight is 285 g/mol. The van der Waals surface area contributed by atoms with Gasteiger partial charge in [-0.05, 0) is 6.92 Å². The van der Waals surface area contributed by atoms with E-state index in [1.165, 1.54) is 0 Å². The molecule has 0 aromatic carbocycles. The molecule has 1 aliphatic rings. The summed E-state index contributed by atoms with van der Waals surface area (Å²) < 4.78 is 44.8. The molecule has 1 fully saturated rings. The molecule has 1 amide bonds. The lowest BCUT2D eigenvalue weighted by Gasteiger charge is -2.26.